The Morgan fingerprint density at radius 2 is 1.77 bits per heavy atom. The lowest BCUT2D eigenvalue weighted by atomic mass is 9.99. The van der Waals surface area contributed by atoms with Gasteiger partial charge in [0.15, 0.2) is 0 Å². The number of imidazole rings is 1. The van der Waals surface area contributed by atoms with Gasteiger partial charge in [-0.25, -0.2) is 9.97 Å². The third-order valence-corrected chi connectivity index (χ3v) is 6.39. The number of aryl methyl sites for hydroxylation is 1. The Balaban J connectivity index is 0.000000356. The van der Waals surface area contributed by atoms with E-state index in [1.165, 1.54) is 32.4 Å². The normalized spacial score (nSPS) is 13.7. The van der Waals surface area contributed by atoms with Crippen molar-refractivity contribution in [2.24, 2.45) is 0 Å². The van der Waals surface area contributed by atoms with E-state index in [4.69, 9.17) is 15.0 Å². The molecule has 0 bridgehead atoms. The van der Waals surface area contributed by atoms with Crippen molar-refractivity contribution in [3.8, 4) is 34.5 Å². The predicted molar refractivity (Wildman–Crippen MR) is 137 cm³/mol. The van der Waals surface area contributed by atoms with Crippen molar-refractivity contribution < 1.29 is 9.84 Å². The Hall–Kier alpha value is -3.73. The topological polar surface area (TPSA) is 86.7 Å². The van der Waals surface area contributed by atoms with Crippen molar-refractivity contribution in [3.05, 3.63) is 71.7 Å². The molecule has 0 spiro atoms. The number of rotatable bonds is 4. The first kappa shape index (κ1) is 24.4. The molecule has 0 radical (unpaired) electrons. The van der Waals surface area contributed by atoms with Crippen LogP contribution in [-0.4, -0.2) is 51.6 Å². The summed E-state index contributed by atoms with van der Waals surface area (Å²) in [4.78, 5) is 11.4. The van der Waals surface area contributed by atoms with Crippen LogP contribution in [0.2, 0.25) is 0 Å². The number of aliphatic hydroxyl groups excluding tert-OH is 1. The molecule has 2 aromatic carbocycles. The Kier molecular flexibility index (Phi) is 7.76. The minimum absolute atomic E-state index is 0.0392. The van der Waals surface area contributed by atoms with E-state index in [9.17, 15) is 5.11 Å². The number of nitrogens with zero attached hydrogens (tertiary/aromatic N) is 5. The van der Waals surface area contributed by atoms with E-state index in [0.29, 0.717) is 17.1 Å². The fraction of sp³-hybridized carbons (Fsp3) is 0.321. The largest absolute Gasteiger partial charge is 0.479 e. The first-order chi connectivity index (χ1) is 17.0. The van der Waals surface area contributed by atoms with E-state index in [0.717, 1.165) is 33.5 Å². The van der Waals surface area contributed by atoms with Crippen LogP contribution in [0.25, 0.3) is 28.0 Å². The van der Waals surface area contributed by atoms with Gasteiger partial charge in [0.05, 0.1) is 49.3 Å². The summed E-state index contributed by atoms with van der Waals surface area (Å²) in [5.41, 5.74) is 6.52. The lowest BCUT2D eigenvalue weighted by Crippen LogP contribution is -2.24. The number of aliphatic hydroxyl groups is 1. The van der Waals surface area contributed by atoms with E-state index < -0.39 is 0 Å². The minimum Gasteiger partial charge on any atom is -0.479 e. The summed E-state index contributed by atoms with van der Waals surface area (Å²) in [6.45, 7) is 4.57. The lowest BCUT2D eigenvalue weighted by molar-refractivity contribution is 0.277. The summed E-state index contributed by atoms with van der Waals surface area (Å²) in [6, 6.07) is 15.3. The Bertz CT molecular complexity index is 1330. The van der Waals surface area contributed by atoms with Crippen LogP contribution in [0, 0.1) is 18.3 Å². The number of ether oxygens (including phenoxy) is 1. The van der Waals surface area contributed by atoms with Crippen LogP contribution in [0.4, 0.5) is 0 Å². The molecule has 1 aliphatic heterocycles. The van der Waals surface area contributed by atoms with Crippen LogP contribution >= 0.6 is 0 Å². The third kappa shape index (κ3) is 5.35. The highest BCUT2D eigenvalue weighted by atomic mass is 16.5. The molecule has 5 rings (SSSR count). The Labute approximate surface area is 206 Å². The number of piperidine rings is 1. The van der Waals surface area contributed by atoms with E-state index in [-0.39, 0.29) is 6.61 Å². The van der Waals surface area contributed by atoms with Crippen LogP contribution in [-0.2, 0) is 6.61 Å². The van der Waals surface area contributed by atoms with Gasteiger partial charge in [-0.2, -0.15) is 5.26 Å². The zero-order valence-electron chi connectivity index (χ0n) is 20.5. The smallest absolute Gasteiger partial charge is 0.240 e. The number of fused-ring (bicyclic) bond motifs is 1. The highest BCUT2D eigenvalue weighted by Gasteiger charge is 2.18. The van der Waals surface area contributed by atoms with Gasteiger partial charge >= 0.3 is 0 Å². The van der Waals surface area contributed by atoms with Crippen LogP contribution < -0.4 is 4.74 Å². The number of benzene rings is 2. The molecule has 2 aromatic heterocycles. The van der Waals surface area contributed by atoms with Gasteiger partial charge in [0.25, 0.3) is 0 Å². The maximum Gasteiger partial charge on any atom is 0.240 e. The molecular weight excluding hydrogens is 438 g/mol. The average molecular weight is 470 g/mol. The molecule has 4 aromatic rings. The predicted octanol–water partition coefficient (Wildman–Crippen LogP) is 4.85. The van der Waals surface area contributed by atoms with Crippen molar-refractivity contribution in [1.82, 2.24) is 19.3 Å². The minimum atomic E-state index is -0.0392. The summed E-state index contributed by atoms with van der Waals surface area (Å²) in [5, 5.41) is 18.8. The maximum atomic E-state index is 9.70. The summed E-state index contributed by atoms with van der Waals surface area (Å²) >= 11 is 0. The second-order valence-corrected chi connectivity index (χ2v) is 8.82. The molecule has 180 valence electrons. The summed E-state index contributed by atoms with van der Waals surface area (Å²) in [6.07, 6.45) is 7.71. The van der Waals surface area contributed by atoms with Crippen molar-refractivity contribution in [2.75, 3.05) is 27.2 Å². The first-order valence-electron chi connectivity index (χ1n) is 11.9. The molecule has 1 fully saturated rings. The van der Waals surface area contributed by atoms with Gasteiger partial charge < -0.3 is 14.7 Å². The van der Waals surface area contributed by atoms with Crippen molar-refractivity contribution >= 4 is 5.52 Å². The first-order valence-corrected chi connectivity index (χ1v) is 11.9. The molecule has 1 aliphatic rings. The maximum absolute atomic E-state index is 9.70. The molecule has 0 aliphatic carbocycles. The van der Waals surface area contributed by atoms with Gasteiger partial charge in [0, 0.05) is 11.1 Å². The molecule has 3 heterocycles. The lowest BCUT2D eigenvalue weighted by Gasteiger charge is -2.20. The fourth-order valence-electron chi connectivity index (χ4n) is 4.33. The standard InChI is InChI=1S/C22H18N4O2.C6H13N/c1-14-3-6-17(9-18(14)12-27)21-20(16-7-4-15(10-23)5-8-16)25-22(28-2)19-11-24-13-26(19)21;1-7-5-3-2-4-6-7/h3-9,11,13,27H,12H2,1-2H3;2-6H2,1H3. The van der Waals surface area contributed by atoms with Gasteiger partial charge in [-0.1, -0.05) is 30.7 Å². The summed E-state index contributed by atoms with van der Waals surface area (Å²) in [7, 11) is 3.77. The highest BCUT2D eigenvalue weighted by molar-refractivity contribution is 5.82. The third-order valence-electron chi connectivity index (χ3n) is 6.39. The number of nitriles is 1. The van der Waals surface area contributed by atoms with Gasteiger partial charge in [-0.3, -0.25) is 4.40 Å². The monoisotopic (exact) mass is 469 g/mol. The molecular formula is C28H31N5O2. The summed E-state index contributed by atoms with van der Waals surface area (Å²) < 4.78 is 7.42. The van der Waals surface area contributed by atoms with Gasteiger partial charge in [-0.15, -0.1) is 0 Å². The van der Waals surface area contributed by atoms with Crippen molar-refractivity contribution in [2.45, 2.75) is 32.8 Å². The zero-order valence-corrected chi connectivity index (χ0v) is 20.5. The van der Waals surface area contributed by atoms with Gasteiger partial charge in [-0.05, 0) is 69.2 Å². The number of methoxy groups -OCH3 is 1. The summed E-state index contributed by atoms with van der Waals surface area (Å²) in [5.74, 6) is 0.468. The molecule has 35 heavy (non-hydrogen) atoms. The Morgan fingerprint density at radius 1 is 1.06 bits per heavy atom. The van der Waals surface area contributed by atoms with Crippen LogP contribution in [0.3, 0.4) is 0 Å². The second kappa shape index (κ2) is 11.1. The van der Waals surface area contributed by atoms with E-state index in [2.05, 4.69) is 23.0 Å². The van der Waals surface area contributed by atoms with Gasteiger partial charge in [0.1, 0.15) is 5.52 Å². The molecule has 7 nitrogen and oxygen atoms in total. The average Bonchev–Trinajstić information content (AvgIpc) is 3.39. The fourth-order valence-corrected chi connectivity index (χ4v) is 4.33. The zero-order chi connectivity index (χ0) is 24.8. The molecule has 0 amide bonds. The van der Waals surface area contributed by atoms with Gasteiger partial charge in [0.2, 0.25) is 5.88 Å². The number of likely N-dealkylation sites (tertiary alicyclic amines) is 1. The molecule has 0 saturated carbocycles. The highest BCUT2D eigenvalue weighted by Crippen LogP contribution is 2.35. The molecule has 1 N–H and O–H groups in total. The van der Waals surface area contributed by atoms with E-state index in [1.54, 1.807) is 31.8 Å². The quantitative estimate of drug-likeness (QED) is 0.460. The molecule has 7 heteroatoms. The van der Waals surface area contributed by atoms with Crippen LogP contribution in [0.5, 0.6) is 5.88 Å². The van der Waals surface area contributed by atoms with Crippen molar-refractivity contribution in [3.63, 3.8) is 0 Å². The SMILES string of the molecule is CN1CCCCC1.COc1nc(-c2ccc(C#N)cc2)c(-c2ccc(C)c(CO)c2)n2cncc12. The number of hydrogen-bond donors (Lipinski definition) is 1. The van der Waals surface area contributed by atoms with Crippen LogP contribution in [0.15, 0.2) is 55.0 Å². The number of hydrogen-bond acceptors (Lipinski definition) is 6. The number of aromatic nitrogens is 3. The second-order valence-electron chi connectivity index (χ2n) is 8.82. The van der Waals surface area contributed by atoms with E-state index >= 15 is 0 Å². The van der Waals surface area contributed by atoms with Crippen LogP contribution in [0.1, 0.15) is 36.0 Å². The molecule has 0 unspecified atom stereocenters. The molecule has 0 atom stereocenters. The van der Waals surface area contributed by atoms with Crippen molar-refractivity contribution in [1.29, 1.82) is 5.26 Å². The molecule has 1 saturated heterocycles. The van der Waals surface area contributed by atoms with E-state index in [1.807, 2.05) is 41.7 Å². The Morgan fingerprint density at radius 3 is 2.37 bits per heavy atom.